The number of hydrogen-bond acceptors (Lipinski definition) is 8. The Balaban J connectivity index is 0.000000213. The zero-order chi connectivity index (χ0) is 22.1. The molecule has 0 spiro atoms. The van der Waals surface area contributed by atoms with E-state index in [0.717, 1.165) is 12.1 Å². The van der Waals surface area contributed by atoms with Crippen LogP contribution in [0, 0.1) is 0 Å². The van der Waals surface area contributed by atoms with Crippen molar-refractivity contribution < 1.29 is 36.2 Å². The van der Waals surface area contributed by atoms with Crippen LogP contribution in [0.25, 0.3) is 21.5 Å². The fourth-order valence-electron chi connectivity index (χ4n) is 2.87. The summed E-state index contributed by atoms with van der Waals surface area (Å²) in [5.74, 6) is -0.966. The summed E-state index contributed by atoms with van der Waals surface area (Å²) in [5.41, 5.74) is 0. The minimum absolute atomic E-state index is 0. The van der Waals surface area contributed by atoms with E-state index in [2.05, 4.69) is 0 Å². The number of phenols is 2. The van der Waals surface area contributed by atoms with Crippen LogP contribution in [0.3, 0.4) is 0 Å². The van der Waals surface area contributed by atoms with Gasteiger partial charge in [-0.25, -0.2) is 16.8 Å². The number of aromatic hydroxyl groups is 2. The number of benzene rings is 4. The molecule has 0 aliphatic heterocycles. The fraction of sp³-hybridized carbons (Fsp3) is 0. The standard InChI is InChI=1S/2C10H8O4S.Ca/c2*11-10-8-4-2-1-3-7(8)5-6-9(10)15(12,13)14;/h2*1-6,11H,(H,12,13,14);/q;;+2/p-2. The minimum atomic E-state index is -4.62. The Morgan fingerprint density at radius 2 is 0.871 bits per heavy atom. The second kappa shape index (κ2) is 9.70. The molecule has 0 unspecified atom stereocenters. The molecular formula is C20H14CaO8S2. The van der Waals surface area contributed by atoms with Gasteiger partial charge in [-0.2, -0.15) is 0 Å². The van der Waals surface area contributed by atoms with Crippen LogP contribution < -0.4 is 0 Å². The second-order valence-corrected chi connectivity index (χ2v) is 8.87. The van der Waals surface area contributed by atoms with E-state index in [-0.39, 0.29) is 37.7 Å². The first-order chi connectivity index (χ1) is 14.0. The average Bonchev–Trinajstić information content (AvgIpc) is 2.67. The van der Waals surface area contributed by atoms with Gasteiger partial charge in [0.05, 0.1) is 9.79 Å². The van der Waals surface area contributed by atoms with E-state index in [0.29, 0.717) is 21.5 Å². The molecule has 0 atom stereocenters. The van der Waals surface area contributed by atoms with Gasteiger partial charge in [0, 0.05) is 10.8 Å². The van der Waals surface area contributed by atoms with Crippen LogP contribution in [0.1, 0.15) is 0 Å². The molecule has 0 amide bonds. The van der Waals surface area contributed by atoms with Gasteiger partial charge in [-0.1, -0.05) is 60.7 Å². The Hall–Kier alpha value is -1.92. The Morgan fingerprint density at radius 1 is 0.548 bits per heavy atom. The third-order valence-electron chi connectivity index (χ3n) is 4.27. The smallest absolute Gasteiger partial charge is 0.744 e. The minimum Gasteiger partial charge on any atom is -0.744 e. The molecule has 4 aromatic carbocycles. The number of fused-ring (bicyclic) bond motifs is 2. The van der Waals surface area contributed by atoms with Crippen molar-refractivity contribution in [3.8, 4) is 11.5 Å². The molecule has 0 radical (unpaired) electrons. The van der Waals surface area contributed by atoms with Crippen molar-refractivity contribution in [1.29, 1.82) is 0 Å². The first-order valence-corrected chi connectivity index (χ1v) is 11.1. The van der Waals surface area contributed by atoms with Crippen molar-refractivity contribution in [2.24, 2.45) is 0 Å². The molecule has 11 heteroatoms. The molecule has 0 fully saturated rings. The van der Waals surface area contributed by atoms with Crippen LogP contribution in [0.15, 0.2) is 82.6 Å². The molecule has 156 valence electrons. The van der Waals surface area contributed by atoms with Crippen molar-refractivity contribution in [3.63, 3.8) is 0 Å². The van der Waals surface area contributed by atoms with Crippen molar-refractivity contribution in [2.45, 2.75) is 9.79 Å². The molecular weight excluding hydrogens is 472 g/mol. The van der Waals surface area contributed by atoms with E-state index in [1.54, 1.807) is 48.5 Å². The molecule has 31 heavy (non-hydrogen) atoms. The summed E-state index contributed by atoms with van der Waals surface area (Å²) >= 11 is 0. The fourth-order valence-corrected chi connectivity index (χ4v) is 4.04. The molecule has 0 heterocycles. The Kier molecular flexibility index (Phi) is 7.93. The molecule has 0 saturated heterocycles. The van der Waals surface area contributed by atoms with Crippen LogP contribution in [-0.4, -0.2) is 73.9 Å². The summed E-state index contributed by atoms with van der Waals surface area (Å²) in [5, 5.41) is 21.3. The molecule has 4 rings (SSSR count). The third kappa shape index (κ3) is 5.66. The van der Waals surface area contributed by atoms with Gasteiger partial charge in [0.15, 0.2) is 0 Å². The van der Waals surface area contributed by atoms with Gasteiger partial charge < -0.3 is 19.3 Å². The normalized spacial score (nSPS) is 11.4. The van der Waals surface area contributed by atoms with E-state index >= 15 is 0 Å². The molecule has 8 nitrogen and oxygen atoms in total. The Labute approximate surface area is 208 Å². The summed E-state index contributed by atoms with van der Waals surface area (Å²) in [4.78, 5) is -1.16. The predicted octanol–water partition coefficient (Wildman–Crippen LogP) is 2.52. The van der Waals surface area contributed by atoms with Crippen molar-refractivity contribution in [2.75, 3.05) is 0 Å². The Bertz CT molecular complexity index is 1350. The van der Waals surface area contributed by atoms with Gasteiger partial charge in [-0.05, 0) is 22.9 Å². The SMILES string of the molecule is O=S(=O)([O-])c1ccc2ccccc2c1O.O=S(=O)([O-])c1ccc2ccccc2c1O.[Ca+2]. The summed E-state index contributed by atoms with van der Waals surface area (Å²) in [6.45, 7) is 0. The van der Waals surface area contributed by atoms with E-state index in [1.165, 1.54) is 12.1 Å². The first-order valence-electron chi connectivity index (χ1n) is 8.33. The number of rotatable bonds is 2. The summed E-state index contributed by atoms with van der Waals surface area (Å²) in [6.07, 6.45) is 0. The van der Waals surface area contributed by atoms with Crippen LogP contribution in [-0.2, 0) is 20.2 Å². The van der Waals surface area contributed by atoms with Gasteiger partial charge >= 0.3 is 37.7 Å². The zero-order valence-corrected chi connectivity index (χ0v) is 19.6. The number of phenolic OH excluding ortho intramolecular Hbond substituents is 2. The van der Waals surface area contributed by atoms with E-state index in [1.807, 2.05) is 0 Å². The zero-order valence-electron chi connectivity index (χ0n) is 15.8. The first kappa shape index (κ1) is 25.3. The van der Waals surface area contributed by atoms with Gasteiger partial charge in [-0.15, -0.1) is 0 Å². The molecule has 0 aliphatic rings. The maximum absolute atomic E-state index is 10.8. The number of hydrogen-bond donors (Lipinski definition) is 2. The van der Waals surface area contributed by atoms with Gasteiger partial charge in [0.25, 0.3) is 0 Å². The second-order valence-electron chi connectivity index (χ2n) is 6.18. The molecule has 0 aliphatic carbocycles. The molecule has 4 aromatic rings. The molecule has 0 aromatic heterocycles. The summed E-state index contributed by atoms with van der Waals surface area (Å²) in [6, 6.07) is 18.6. The van der Waals surface area contributed by atoms with Crippen LogP contribution in [0.2, 0.25) is 0 Å². The van der Waals surface area contributed by atoms with E-state index in [4.69, 9.17) is 0 Å². The van der Waals surface area contributed by atoms with E-state index < -0.39 is 41.5 Å². The van der Waals surface area contributed by atoms with Crippen molar-refractivity contribution in [3.05, 3.63) is 72.8 Å². The van der Waals surface area contributed by atoms with Crippen LogP contribution >= 0.6 is 0 Å². The maximum atomic E-state index is 10.8. The van der Waals surface area contributed by atoms with Gasteiger partial charge in [-0.3, -0.25) is 0 Å². The molecule has 2 N–H and O–H groups in total. The van der Waals surface area contributed by atoms with Crippen LogP contribution in [0.5, 0.6) is 11.5 Å². The summed E-state index contributed by atoms with van der Waals surface area (Å²) < 4.78 is 64.7. The molecule has 0 saturated carbocycles. The average molecular weight is 487 g/mol. The van der Waals surface area contributed by atoms with Gasteiger partial charge in [0.2, 0.25) is 0 Å². The quantitative estimate of drug-likeness (QED) is 0.323. The molecule has 0 bridgehead atoms. The maximum Gasteiger partial charge on any atom is 2.00 e. The van der Waals surface area contributed by atoms with Gasteiger partial charge in [0.1, 0.15) is 31.7 Å². The Morgan fingerprint density at radius 3 is 1.19 bits per heavy atom. The largest absolute Gasteiger partial charge is 2.00 e. The summed E-state index contributed by atoms with van der Waals surface area (Å²) in [7, 11) is -9.25. The van der Waals surface area contributed by atoms with Crippen molar-refractivity contribution >= 4 is 79.5 Å². The predicted molar refractivity (Wildman–Crippen MR) is 113 cm³/mol. The third-order valence-corrected chi connectivity index (χ3v) is 6.00. The van der Waals surface area contributed by atoms with Crippen LogP contribution in [0.4, 0.5) is 0 Å². The van der Waals surface area contributed by atoms with Crippen molar-refractivity contribution in [1.82, 2.24) is 0 Å². The monoisotopic (exact) mass is 486 g/mol. The topological polar surface area (TPSA) is 155 Å². The van der Waals surface area contributed by atoms with E-state index in [9.17, 15) is 36.2 Å².